The lowest BCUT2D eigenvalue weighted by molar-refractivity contribution is 0.0529. The fraction of sp³-hybridized carbons (Fsp3) is 0.167. The summed E-state index contributed by atoms with van der Waals surface area (Å²) in [4.78, 5) is 25.2. The van der Waals surface area contributed by atoms with E-state index < -0.39 is 5.97 Å². The minimum Gasteiger partial charge on any atom is -0.493 e. The standard InChI is InChI=1S/C24H21NO4/c1-3-28-20-13-12-16-9-5-6-10-17(16)21(20)22-19(15-26)25-14-8-7-11-18(25)23(22)24(27)29-4-2/h5-15H,3-4H2,1-2H3. The molecule has 0 radical (unpaired) electrons. The van der Waals surface area contributed by atoms with Crippen LogP contribution in [-0.4, -0.2) is 29.9 Å². The normalized spacial score (nSPS) is 11.0. The van der Waals surface area contributed by atoms with Gasteiger partial charge in [-0.1, -0.05) is 36.4 Å². The first-order valence-corrected chi connectivity index (χ1v) is 9.61. The molecule has 5 nitrogen and oxygen atoms in total. The number of ether oxygens (including phenoxy) is 2. The van der Waals surface area contributed by atoms with E-state index in [1.165, 1.54) is 0 Å². The third-order valence-electron chi connectivity index (χ3n) is 4.91. The van der Waals surface area contributed by atoms with Gasteiger partial charge in [0.05, 0.1) is 30.0 Å². The molecule has 146 valence electrons. The summed E-state index contributed by atoms with van der Waals surface area (Å²) < 4.78 is 13.0. The number of carbonyl (C=O) groups is 2. The van der Waals surface area contributed by atoms with Gasteiger partial charge in [-0.05, 0) is 42.8 Å². The van der Waals surface area contributed by atoms with Crippen molar-refractivity contribution in [3.8, 4) is 16.9 Å². The smallest absolute Gasteiger partial charge is 0.340 e. The van der Waals surface area contributed by atoms with Crippen LogP contribution >= 0.6 is 0 Å². The first kappa shape index (κ1) is 18.7. The van der Waals surface area contributed by atoms with Gasteiger partial charge in [-0.25, -0.2) is 4.79 Å². The lowest BCUT2D eigenvalue weighted by atomic mass is 9.94. The van der Waals surface area contributed by atoms with Gasteiger partial charge in [-0.3, -0.25) is 4.79 Å². The topological polar surface area (TPSA) is 57.0 Å². The number of fused-ring (bicyclic) bond motifs is 2. The second-order valence-electron chi connectivity index (χ2n) is 6.52. The van der Waals surface area contributed by atoms with Gasteiger partial charge in [-0.15, -0.1) is 0 Å². The number of nitrogens with zero attached hydrogens (tertiary/aromatic N) is 1. The Bertz CT molecular complexity index is 1220. The molecule has 4 aromatic rings. The van der Waals surface area contributed by atoms with E-state index >= 15 is 0 Å². The summed E-state index contributed by atoms with van der Waals surface area (Å²) in [5.41, 5.74) is 2.63. The van der Waals surface area contributed by atoms with Crippen molar-refractivity contribution in [1.82, 2.24) is 4.40 Å². The van der Waals surface area contributed by atoms with Crippen molar-refractivity contribution in [2.75, 3.05) is 13.2 Å². The van der Waals surface area contributed by atoms with Crippen LogP contribution < -0.4 is 4.74 Å². The molecule has 2 heterocycles. The molecule has 0 aliphatic carbocycles. The molecule has 0 aliphatic heterocycles. The van der Waals surface area contributed by atoms with Crippen LogP contribution in [0.1, 0.15) is 34.7 Å². The number of hydrogen-bond donors (Lipinski definition) is 0. The number of rotatable bonds is 6. The van der Waals surface area contributed by atoms with Crippen LogP contribution in [0, 0.1) is 0 Å². The van der Waals surface area contributed by atoms with Gasteiger partial charge < -0.3 is 13.9 Å². The van der Waals surface area contributed by atoms with E-state index in [1.54, 1.807) is 17.5 Å². The Morgan fingerprint density at radius 2 is 1.76 bits per heavy atom. The summed E-state index contributed by atoms with van der Waals surface area (Å²) in [6.45, 7) is 4.37. The highest BCUT2D eigenvalue weighted by Gasteiger charge is 2.28. The Kier molecular flexibility index (Phi) is 5.04. The van der Waals surface area contributed by atoms with Crippen molar-refractivity contribution in [2.45, 2.75) is 13.8 Å². The van der Waals surface area contributed by atoms with Crippen LogP contribution in [0.25, 0.3) is 27.4 Å². The third-order valence-corrected chi connectivity index (χ3v) is 4.91. The lowest BCUT2D eigenvalue weighted by Gasteiger charge is -2.15. The molecule has 2 aromatic carbocycles. The van der Waals surface area contributed by atoms with Crippen molar-refractivity contribution in [1.29, 1.82) is 0 Å². The maximum atomic E-state index is 13.0. The zero-order chi connectivity index (χ0) is 20.4. The van der Waals surface area contributed by atoms with Crippen LogP contribution in [0.4, 0.5) is 0 Å². The maximum absolute atomic E-state index is 13.0. The Hall–Kier alpha value is -3.60. The molecule has 4 rings (SSSR count). The van der Waals surface area contributed by atoms with Crippen molar-refractivity contribution in [2.24, 2.45) is 0 Å². The summed E-state index contributed by atoms with van der Waals surface area (Å²) >= 11 is 0. The predicted molar refractivity (Wildman–Crippen MR) is 113 cm³/mol. The van der Waals surface area contributed by atoms with Crippen LogP contribution in [0.2, 0.25) is 0 Å². The lowest BCUT2D eigenvalue weighted by Crippen LogP contribution is -2.06. The number of esters is 1. The molecule has 0 atom stereocenters. The highest BCUT2D eigenvalue weighted by atomic mass is 16.5. The second kappa shape index (κ2) is 7.80. The summed E-state index contributed by atoms with van der Waals surface area (Å²) in [6, 6.07) is 17.2. The van der Waals surface area contributed by atoms with Gasteiger partial charge in [0.2, 0.25) is 0 Å². The van der Waals surface area contributed by atoms with Gasteiger partial charge in [-0.2, -0.15) is 0 Å². The molecular formula is C24H21NO4. The second-order valence-corrected chi connectivity index (χ2v) is 6.52. The summed E-state index contributed by atoms with van der Waals surface area (Å²) in [6.07, 6.45) is 2.55. The Morgan fingerprint density at radius 3 is 2.52 bits per heavy atom. The SMILES string of the molecule is CCOC(=O)c1c(-c2c(OCC)ccc3ccccc23)c(C=O)n2ccccc12. The van der Waals surface area contributed by atoms with E-state index in [4.69, 9.17) is 9.47 Å². The van der Waals surface area contributed by atoms with Crippen molar-refractivity contribution in [3.05, 3.63) is 72.1 Å². The summed E-state index contributed by atoms with van der Waals surface area (Å²) in [5, 5.41) is 1.90. The number of carbonyl (C=O) groups excluding carboxylic acids is 2. The summed E-state index contributed by atoms with van der Waals surface area (Å²) in [7, 11) is 0. The molecule has 29 heavy (non-hydrogen) atoms. The quantitative estimate of drug-likeness (QED) is 0.339. The van der Waals surface area contributed by atoms with Crippen LogP contribution in [0.15, 0.2) is 60.8 Å². The van der Waals surface area contributed by atoms with E-state index in [9.17, 15) is 9.59 Å². The molecule has 2 aromatic heterocycles. The van der Waals surface area contributed by atoms with Gasteiger partial charge in [0.25, 0.3) is 0 Å². The predicted octanol–water partition coefficient (Wildman–Crippen LogP) is 5.15. The zero-order valence-electron chi connectivity index (χ0n) is 16.3. The van der Waals surface area contributed by atoms with Gasteiger partial charge in [0.1, 0.15) is 5.75 Å². The summed E-state index contributed by atoms with van der Waals surface area (Å²) in [5.74, 6) is 0.158. The molecule has 0 saturated carbocycles. The molecule has 0 amide bonds. The monoisotopic (exact) mass is 387 g/mol. The van der Waals surface area contributed by atoms with E-state index in [0.29, 0.717) is 34.7 Å². The van der Waals surface area contributed by atoms with Crippen LogP contribution in [0.5, 0.6) is 5.75 Å². The number of aromatic nitrogens is 1. The molecule has 0 N–H and O–H groups in total. The number of hydrogen-bond acceptors (Lipinski definition) is 4. The number of pyridine rings is 1. The van der Waals surface area contributed by atoms with E-state index in [-0.39, 0.29) is 6.61 Å². The molecule has 0 saturated heterocycles. The molecule has 0 unspecified atom stereocenters. The Morgan fingerprint density at radius 1 is 0.966 bits per heavy atom. The largest absolute Gasteiger partial charge is 0.493 e. The molecule has 5 heteroatoms. The maximum Gasteiger partial charge on any atom is 0.340 e. The fourth-order valence-corrected chi connectivity index (χ4v) is 3.80. The van der Waals surface area contributed by atoms with Crippen LogP contribution in [0.3, 0.4) is 0 Å². The first-order valence-electron chi connectivity index (χ1n) is 9.61. The number of aldehydes is 1. The van der Waals surface area contributed by atoms with Gasteiger partial charge in [0, 0.05) is 17.3 Å². The minimum atomic E-state index is -0.463. The van der Waals surface area contributed by atoms with Crippen molar-refractivity contribution < 1.29 is 19.1 Å². The average Bonchev–Trinajstić information content (AvgIpc) is 3.08. The van der Waals surface area contributed by atoms with Crippen LogP contribution in [-0.2, 0) is 4.74 Å². The molecule has 0 spiro atoms. The molecule has 0 aliphatic rings. The molecule has 0 bridgehead atoms. The molecular weight excluding hydrogens is 366 g/mol. The minimum absolute atomic E-state index is 0.243. The van der Waals surface area contributed by atoms with Crippen molar-refractivity contribution in [3.63, 3.8) is 0 Å². The van der Waals surface area contributed by atoms with Gasteiger partial charge in [0.15, 0.2) is 6.29 Å². The fourth-order valence-electron chi connectivity index (χ4n) is 3.80. The molecule has 0 fully saturated rings. The van der Waals surface area contributed by atoms with E-state index in [2.05, 4.69) is 0 Å². The highest BCUT2D eigenvalue weighted by Crippen LogP contribution is 2.42. The highest BCUT2D eigenvalue weighted by molar-refractivity contribution is 6.14. The average molecular weight is 387 g/mol. The number of benzene rings is 2. The Labute approximate surface area is 168 Å². The zero-order valence-corrected chi connectivity index (χ0v) is 16.3. The van der Waals surface area contributed by atoms with Crippen molar-refractivity contribution >= 4 is 28.5 Å². The van der Waals surface area contributed by atoms with Gasteiger partial charge >= 0.3 is 5.97 Å². The Balaban J connectivity index is 2.19. The van der Waals surface area contributed by atoms with E-state index in [0.717, 1.165) is 22.6 Å². The third kappa shape index (κ3) is 3.05. The van der Waals surface area contributed by atoms with E-state index in [1.807, 2.05) is 61.5 Å². The first-order chi connectivity index (χ1) is 14.2.